The summed E-state index contributed by atoms with van der Waals surface area (Å²) in [5.41, 5.74) is 4.64. The van der Waals surface area contributed by atoms with E-state index in [4.69, 9.17) is 9.84 Å². The van der Waals surface area contributed by atoms with Gasteiger partial charge in [-0.05, 0) is 22.3 Å². The molecule has 0 bridgehead atoms. The molecular formula is C25H23N3O5S. The molecule has 2 N–H and O–H groups in total. The standard InChI is InChI=1S/C25H23N3O5S/c29-23(30)9-15-12-28(13-15)24(31)21-10-26-22(34-21)11-27-25(32)33-14-20-18-7-3-1-5-16(18)17-6-2-4-8-19(17)20/h1-8,10,15,20H,9,11-14H2,(H,27,32)(H,29,30). The molecule has 8 nitrogen and oxygen atoms in total. The molecule has 0 radical (unpaired) electrons. The van der Waals surface area contributed by atoms with Crippen LogP contribution in [0.1, 0.15) is 38.1 Å². The number of amides is 2. The number of nitrogens with one attached hydrogen (secondary N) is 1. The molecule has 0 saturated carbocycles. The van der Waals surface area contributed by atoms with Crippen LogP contribution < -0.4 is 5.32 Å². The number of benzene rings is 2. The summed E-state index contributed by atoms with van der Waals surface area (Å²) in [6, 6.07) is 16.3. The minimum Gasteiger partial charge on any atom is -0.481 e. The molecule has 1 saturated heterocycles. The van der Waals surface area contributed by atoms with Gasteiger partial charge >= 0.3 is 12.1 Å². The molecule has 0 atom stereocenters. The van der Waals surface area contributed by atoms with Gasteiger partial charge in [0.25, 0.3) is 5.91 Å². The summed E-state index contributed by atoms with van der Waals surface area (Å²) in [7, 11) is 0. The molecule has 2 aliphatic rings. The van der Waals surface area contributed by atoms with Gasteiger partial charge in [-0.15, -0.1) is 11.3 Å². The van der Waals surface area contributed by atoms with Crippen LogP contribution in [-0.4, -0.2) is 52.7 Å². The van der Waals surface area contributed by atoms with Gasteiger partial charge in [-0.25, -0.2) is 9.78 Å². The molecule has 1 aliphatic heterocycles. The SMILES string of the molecule is O=C(O)CC1CN(C(=O)c2cnc(CNC(=O)OCC3c4ccccc4-c4ccccc43)s2)C1. The van der Waals surface area contributed by atoms with Gasteiger partial charge in [0.05, 0.1) is 19.2 Å². The van der Waals surface area contributed by atoms with E-state index >= 15 is 0 Å². The van der Waals surface area contributed by atoms with Crippen molar-refractivity contribution < 1.29 is 24.2 Å². The second kappa shape index (κ2) is 9.26. The van der Waals surface area contributed by atoms with Crippen LogP contribution in [0.2, 0.25) is 0 Å². The van der Waals surface area contributed by atoms with Gasteiger partial charge in [-0.1, -0.05) is 48.5 Å². The molecule has 0 spiro atoms. The van der Waals surface area contributed by atoms with Crippen LogP contribution in [-0.2, 0) is 16.1 Å². The van der Waals surface area contributed by atoms with Gasteiger partial charge < -0.3 is 20.1 Å². The quantitative estimate of drug-likeness (QED) is 0.537. The first-order valence-corrected chi connectivity index (χ1v) is 11.9. The van der Waals surface area contributed by atoms with E-state index < -0.39 is 12.1 Å². The fourth-order valence-electron chi connectivity index (χ4n) is 4.56. The lowest BCUT2D eigenvalue weighted by Gasteiger charge is -2.38. The van der Waals surface area contributed by atoms with Crippen LogP contribution in [0.25, 0.3) is 11.1 Å². The second-order valence-corrected chi connectivity index (χ2v) is 9.59. The van der Waals surface area contributed by atoms with E-state index in [1.54, 1.807) is 4.90 Å². The smallest absolute Gasteiger partial charge is 0.407 e. The van der Waals surface area contributed by atoms with E-state index in [-0.39, 0.29) is 37.3 Å². The summed E-state index contributed by atoms with van der Waals surface area (Å²) in [5, 5.41) is 12.1. The highest BCUT2D eigenvalue weighted by Gasteiger charge is 2.33. The van der Waals surface area contributed by atoms with Crippen molar-refractivity contribution in [1.82, 2.24) is 15.2 Å². The number of carbonyl (C=O) groups excluding carboxylic acids is 2. The Morgan fingerprint density at radius 1 is 1.06 bits per heavy atom. The van der Waals surface area contributed by atoms with Gasteiger partial charge in [-0.2, -0.15) is 0 Å². The van der Waals surface area contributed by atoms with Gasteiger partial charge in [0.1, 0.15) is 16.5 Å². The highest BCUT2D eigenvalue weighted by molar-refractivity contribution is 7.13. The van der Waals surface area contributed by atoms with Crippen molar-refractivity contribution in [3.8, 4) is 11.1 Å². The highest BCUT2D eigenvalue weighted by atomic mass is 32.1. The molecule has 1 aromatic heterocycles. The van der Waals surface area contributed by atoms with Crippen molar-refractivity contribution in [1.29, 1.82) is 0 Å². The molecule has 34 heavy (non-hydrogen) atoms. The third-order valence-electron chi connectivity index (χ3n) is 6.20. The summed E-state index contributed by atoms with van der Waals surface area (Å²) in [4.78, 5) is 41.9. The number of alkyl carbamates (subject to hydrolysis) is 1. The van der Waals surface area contributed by atoms with E-state index in [0.29, 0.717) is 23.0 Å². The van der Waals surface area contributed by atoms with Crippen molar-refractivity contribution in [3.63, 3.8) is 0 Å². The maximum Gasteiger partial charge on any atom is 0.407 e. The zero-order chi connectivity index (χ0) is 23.7. The maximum absolute atomic E-state index is 12.5. The van der Waals surface area contributed by atoms with Gasteiger partial charge in [0, 0.05) is 24.9 Å². The number of likely N-dealkylation sites (tertiary alicyclic amines) is 1. The monoisotopic (exact) mass is 477 g/mol. The minimum atomic E-state index is -0.850. The fourth-order valence-corrected chi connectivity index (χ4v) is 5.38. The molecular weight excluding hydrogens is 454 g/mol. The molecule has 1 fully saturated rings. The molecule has 2 aromatic carbocycles. The third-order valence-corrected chi connectivity index (χ3v) is 7.18. The minimum absolute atomic E-state index is 0.00377. The first-order chi connectivity index (χ1) is 16.5. The average Bonchev–Trinajstić information content (AvgIpc) is 3.41. The Hall–Kier alpha value is -3.72. The Balaban J connectivity index is 1.12. The largest absolute Gasteiger partial charge is 0.481 e. The number of aromatic nitrogens is 1. The number of thiazole rings is 1. The van der Waals surface area contributed by atoms with Crippen molar-refractivity contribution in [2.75, 3.05) is 19.7 Å². The van der Waals surface area contributed by atoms with Crippen molar-refractivity contribution in [3.05, 3.63) is 75.7 Å². The van der Waals surface area contributed by atoms with Crippen LogP contribution in [0.3, 0.4) is 0 Å². The van der Waals surface area contributed by atoms with Crippen LogP contribution in [0, 0.1) is 5.92 Å². The summed E-state index contributed by atoms with van der Waals surface area (Å²) in [6.45, 7) is 1.27. The number of hydrogen-bond acceptors (Lipinski definition) is 6. The number of carbonyl (C=O) groups is 3. The summed E-state index contributed by atoms with van der Waals surface area (Å²) in [5.74, 6) is -1.02. The molecule has 2 heterocycles. The molecule has 174 valence electrons. The lowest BCUT2D eigenvalue weighted by atomic mass is 9.96. The first-order valence-electron chi connectivity index (χ1n) is 11.0. The molecule has 5 rings (SSSR count). The van der Waals surface area contributed by atoms with Crippen LogP contribution in [0.4, 0.5) is 4.79 Å². The zero-order valence-corrected chi connectivity index (χ0v) is 19.1. The lowest BCUT2D eigenvalue weighted by Crippen LogP contribution is -2.50. The highest BCUT2D eigenvalue weighted by Crippen LogP contribution is 2.44. The third kappa shape index (κ3) is 4.38. The summed E-state index contributed by atoms with van der Waals surface area (Å²) < 4.78 is 5.53. The number of carboxylic acid groups (broad SMARTS) is 1. The Morgan fingerprint density at radius 2 is 1.71 bits per heavy atom. The lowest BCUT2D eigenvalue weighted by molar-refractivity contribution is -0.139. The number of nitrogens with zero attached hydrogens (tertiary/aromatic N) is 2. The Bertz CT molecular complexity index is 1210. The van der Waals surface area contributed by atoms with Gasteiger partial charge in [0.15, 0.2) is 0 Å². The van der Waals surface area contributed by atoms with E-state index in [1.807, 2.05) is 24.3 Å². The number of aliphatic carboxylic acids is 1. The predicted octanol–water partition coefficient (Wildman–Crippen LogP) is 3.73. The van der Waals surface area contributed by atoms with Gasteiger partial charge in [-0.3, -0.25) is 9.59 Å². The number of carboxylic acids is 1. The van der Waals surface area contributed by atoms with Crippen molar-refractivity contribution >= 4 is 29.3 Å². The number of rotatable bonds is 7. The molecule has 3 aromatic rings. The number of ether oxygens (including phenoxy) is 1. The molecule has 0 unspecified atom stereocenters. The normalized spacial score (nSPS) is 14.8. The van der Waals surface area contributed by atoms with Crippen molar-refractivity contribution in [2.45, 2.75) is 18.9 Å². The summed E-state index contributed by atoms with van der Waals surface area (Å²) in [6.07, 6.45) is 1.03. The number of hydrogen-bond donors (Lipinski definition) is 2. The van der Waals surface area contributed by atoms with Gasteiger partial charge in [0.2, 0.25) is 0 Å². The number of fused-ring (bicyclic) bond motifs is 3. The summed E-state index contributed by atoms with van der Waals surface area (Å²) >= 11 is 1.21. The van der Waals surface area contributed by atoms with E-state index in [9.17, 15) is 14.4 Å². The molecule has 9 heteroatoms. The van der Waals surface area contributed by atoms with Crippen LogP contribution in [0.15, 0.2) is 54.7 Å². The Morgan fingerprint density at radius 3 is 2.35 bits per heavy atom. The van der Waals surface area contributed by atoms with Crippen LogP contribution in [0.5, 0.6) is 0 Å². The van der Waals surface area contributed by atoms with E-state index in [0.717, 1.165) is 11.1 Å². The molecule has 2 amide bonds. The topological polar surface area (TPSA) is 109 Å². The van der Waals surface area contributed by atoms with Crippen LogP contribution >= 0.6 is 11.3 Å². The second-order valence-electron chi connectivity index (χ2n) is 8.47. The van der Waals surface area contributed by atoms with E-state index in [1.165, 1.54) is 28.7 Å². The maximum atomic E-state index is 12.5. The Labute approximate surface area is 200 Å². The fraction of sp³-hybridized carbons (Fsp3) is 0.280. The average molecular weight is 478 g/mol. The molecule has 1 aliphatic carbocycles. The zero-order valence-electron chi connectivity index (χ0n) is 18.3. The Kier molecular flexibility index (Phi) is 6.02. The van der Waals surface area contributed by atoms with E-state index in [2.05, 4.69) is 34.6 Å². The predicted molar refractivity (Wildman–Crippen MR) is 126 cm³/mol. The van der Waals surface area contributed by atoms with Crippen molar-refractivity contribution in [2.24, 2.45) is 5.92 Å². The first kappa shape index (κ1) is 22.1.